The van der Waals surface area contributed by atoms with Gasteiger partial charge in [-0.05, 0) is 36.4 Å². The minimum absolute atomic E-state index is 0.172. The fourth-order valence-electron chi connectivity index (χ4n) is 2.65. The molecule has 1 saturated heterocycles. The van der Waals surface area contributed by atoms with Gasteiger partial charge in [0.1, 0.15) is 23.8 Å². The number of esters is 1. The molecule has 1 aliphatic heterocycles. The van der Waals surface area contributed by atoms with Gasteiger partial charge in [-0.2, -0.15) is 0 Å². The molecule has 1 aromatic carbocycles. The van der Waals surface area contributed by atoms with Gasteiger partial charge in [0.25, 0.3) is 0 Å². The molecule has 0 aliphatic carbocycles. The maximum absolute atomic E-state index is 12.4. The van der Waals surface area contributed by atoms with Crippen molar-refractivity contribution in [3.63, 3.8) is 0 Å². The highest BCUT2D eigenvalue weighted by Gasteiger charge is 2.43. The van der Waals surface area contributed by atoms with E-state index in [1.165, 1.54) is 23.6 Å². The summed E-state index contributed by atoms with van der Waals surface area (Å²) in [5.74, 6) is 1.24. The van der Waals surface area contributed by atoms with Crippen LogP contribution < -0.4 is 0 Å². The number of amides is 1. The number of hydrogen-bond acceptors (Lipinski definition) is 6. The minimum Gasteiger partial charge on any atom is -0.466 e. The van der Waals surface area contributed by atoms with Crippen molar-refractivity contribution in [1.29, 1.82) is 0 Å². The van der Waals surface area contributed by atoms with Crippen molar-refractivity contribution >= 4 is 47.0 Å². The molecule has 2 aromatic rings. The first-order valence-electron chi connectivity index (χ1n) is 8.05. The molecule has 0 bridgehead atoms. The molecule has 1 amide bonds. The van der Waals surface area contributed by atoms with Gasteiger partial charge in [-0.1, -0.05) is 11.6 Å². The summed E-state index contributed by atoms with van der Waals surface area (Å²) in [6, 6.07) is 10.5. The number of carbonyl (C=O) groups excluding carboxylic acids is 2. The molecule has 0 N–H and O–H groups in total. The summed E-state index contributed by atoms with van der Waals surface area (Å²) in [5, 5.41) is 0.401. The lowest BCUT2D eigenvalue weighted by atomic mass is 10.2. The molecule has 0 spiro atoms. The number of halogens is 1. The predicted molar refractivity (Wildman–Crippen MR) is 103 cm³/mol. The number of thioether (sulfide) groups is 2. The first kappa shape index (κ1) is 19.2. The van der Waals surface area contributed by atoms with Crippen molar-refractivity contribution in [3.8, 4) is 0 Å². The fraction of sp³-hybridized carbons (Fsp3) is 0.333. The molecule has 3 rings (SSSR count). The monoisotopic (exact) mass is 411 g/mol. The Morgan fingerprint density at radius 2 is 2.12 bits per heavy atom. The molecule has 1 aromatic heterocycles. The number of ether oxygens (including phenoxy) is 1. The smallest absolute Gasteiger partial charge is 0.329 e. The average molecular weight is 412 g/mol. The first-order chi connectivity index (χ1) is 12.6. The maximum Gasteiger partial charge on any atom is 0.329 e. The lowest BCUT2D eigenvalue weighted by molar-refractivity contribution is -0.153. The van der Waals surface area contributed by atoms with Gasteiger partial charge in [0.2, 0.25) is 5.91 Å². The Balaban J connectivity index is 1.52. The van der Waals surface area contributed by atoms with E-state index in [0.29, 0.717) is 22.3 Å². The van der Waals surface area contributed by atoms with Crippen LogP contribution in [0.5, 0.6) is 0 Å². The minimum atomic E-state index is -0.590. The lowest BCUT2D eigenvalue weighted by Gasteiger charge is -2.25. The molecule has 0 saturated carbocycles. The second-order valence-electron chi connectivity index (χ2n) is 5.61. The molecule has 26 heavy (non-hydrogen) atoms. The van der Waals surface area contributed by atoms with Crippen molar-refractivity contribution in [1.82, 2.24) is 4.90 Å². The summed E-state index contributed by atoms with van der Waals surface area (Å²) in [6.07, 6.45) is 1.56. The van der Waals surface area contributed by atoms with Crippen molar-refractivity contribution in [2.24, 2.45) is 0 Å². The van der Waals surface area contributed by atoms with Gasteiger partial charge in [-0.3, -0.25) is 4.79 Å². The Morgan fingerprint density at radius 1 is 1.35 bits per heavy atom. The number of hydrogen-bond donors (Lipinski definition) is 0. The van der Waals surface area contributed by atoms with Crippen LogP contribution in [-0.4, -0.2) is 40.9 Å². The van der Waals surface area contributed by atoms with Gasteiger partial charge in [-0.25, -0.2) is 4.79 Å². The highest BCUT2D eigenvalue weighted by molar-refractivity contribution is 7.99. The zero-order valence-electron chi connectivity index (χ0n) is 14.1. The van der Waals surface area contributed by atoms with Crippen LogP contribution in [-0.2, 0) is 14.3 Å². The summed E-state index contributed by atoms with van der Waals surface area (Å²) in [7, 11) is 0. The SMILES string of the molecule is CC(=O)N1[C@H](C(=O)OCCSc2ccc(Cl)cc2)CS[C@H]1c1ccco1. The third kappa shape index (κ3) is 4.58. The van der Waals surface area contributed by atoms with Gasteiger partial charge in [0.15, 0.2) is 0 Å². The summed E-state index contributed by atoms with van der Waals surface area (Å²) < 4.78 is 10.8. The normalized spacial score (nSPS) is 19.5. The summed E-state index contributed by atoms with van der Waals surface area (Å²) in [6.45, 7) is 1.74. The molecule has 0 radical (unpaired) electrons. The number of furan rings is 1. The van der Waals surface area contributed by atoms with Crippen molar-refractivity contribution in [3.05, 3.63) is 53.4 Å². The third-order valence-electron chi connectivity index (χ3n) is 3.83. The molecule has 0 unspecified atom stereocenters. The van der Waals surface area contributed by atoms with Gasteiger partial charge in [-0.15, -0.1) is 23.5 Å². The highest BCUT2D eigenvalue weighted by Crippen LogP contribution is 2.41. The van der Waals surface area contributed by atoms with E-state index in [4.69, 9.17) is 20.8 Å². The van der Waals surface area contributed by atoms with Crippen molar-refractivity contribution in [2.45, 2.75) is 23.2 Å². The van der Waals surface area contributed by atoms with Crippen molar-refractivity contribution in [2.75, 3.05) is 18.1 Å². The van der Waals surface area contributed by atoms with Crippen molar-refractivity contribution < 1.29 is 18.7 Å². The first-order valence-corrected chi connectivity index (χ1v) is 10.5. The Labute approximate surface area is 165 Å². The van der Waals surface area contributed by atoms with Crippen LogP contribution in [0.25, 0.3) is 0 Å². The molecular weight excluding hydrogens is 394 g/mol. The quantitative estimate of drug-likeness (QED) is 0.402. The van der Waals surface area contributed by atoms with Gasteiger partial charge >= 0.3 is 5.97 Å². The summed E-state index contributed by atoms with van der Waals surface area (Å²) in [5.41, 5.74) is 0. The van der Waals surface area contributed by atoms with Crippen LogP contribution in [0.2, 0.25) is 5.02 Å². The average Bonchev–Trinajstić information content (AvgIpc) is 3.29. The molecule has 1 fully saturated rings. The van der Waals surface area contributed by atoms with E-state index < -0.39 is 6.04 Å². The second kappa shape index (κ2) is 8.88. The Kier molecular flexibility index (Phi) is 6.56. The molecule has 138 valence electrons. The van der Waals surface area contributed by atoms with Gasteiger partial charge in [0.05, 0.1) is 6.26 Å². The Bertz CT molecular complexity index is 751. The van der Waals surface area contributed by atoms with E-state index in [-0.39, 0.29) is 23.9 Å². The summed E-state index contributed by atoms with van der Waals surface area (Å²) in [4.78, 5) is 27.1. The van der Waals surface area contributed by atoms with E-state index in [2.05, 4.69) is 0 Å². The standard InChI is InChI=1S/C18H18ClNO4S2/c1-12(21)20-15(11-26-17(20)16-3-2-8-23-16)18(22)24-9-10-25-14-6-4-13(19)5-7-14/h2-8,15,17H,9-11H2,1H3/t15-,17-/m0/s1. The topological polar surface area (TPSA) is 59.8 Å². The van der Waals surface area contributed by atoms with E-state index in [1.807, 2.05) is 30.3 Å². The van der Waals surface area contributed by atoms with Gasteiger partial charge in [0, 0.05) is 28.3 Å². The molecular formula is C18H18ClNO4S2. The number of rotatable bonds is 6. The van der Waals surface area contributed by atoms with E-state index >= 15 is 0 Å². The molecule has 8 heteroatoms. The molecule has 5 nitrogen and oxygen atoms in total. The molecule has 2 heterocycles. The maximum atomic E-state index is 12.4. The van der Waals surface area contributed by atoms with Gasteiger partial charge < -0.3 is 14.1 Å². The lowest BCUT2D eigenvalue weighted by Crippen LogP contribution is -2.42. The number of benzene rings is 1. The predicted octanol–water partition coefficient (Wildman–Crippen LogP) is 4.23. The van der Waals surface area contributed by atoms with Crippen LogP contribution in [0.3, 0.4) is 0 Å². The summed E-state index contributed by atoms with van der Waals surface area (Å²) >= 11 is 8.94. The largest absolute Gasteiger partial charge is 0.466 e. The van der Waals surface area contributed by atoms with Crippen LogP contribution in [0, 0.1) is 0 Å². The van der Waals surface area contributed by atoms with E-state index in [9.17, 15) is 9.59 Å². The number of carbonyl (C=O) groups is 2. The van der Waals surface area contributed by atoms with E-state index in [1.54, 1.807) is 24.1 Å². The molecule has 1 aliphatic rings. The van der Waals surface area contributed by atoms with E-state index in [0.717, 1.165) is 4.90 Å². The Morgan fingerprint density at radius 3 is 2.77 bits per heavy atom. The second-order valence-corrected chi connectivity index (χ2v) is 8.33. The Hall–Kier alpha value is -1.57. The highest BCUT2D eigenvalue weighted by atomic mass is 35.5. The zero-order chi connectivity index (χ0) is 18.5. The fourth-order valence-corrected chi connectivity index (χ4v) is 4.92. The number of nitrogens with zero attached hydrogens (tertiary/aromatic N) is 1. The van der Waals surface area contributed by atoms with Crippen LogP contribution >= 0.6 is 35.1 Å². The van der Waals surface area contributed by atoms with Crippen LogP contribution in [0.15, 0.2) is 52.0 Å². The zero-order valence-corrected chi connectivity index (χ0v) is 16.5. The van der Waals surface area contributed by atoms with Crippen LogP contribution in [0.4, 0.5) is 0 Å². The molecule has 2 atom stereocenters. The third-order valence-corrected chi connectivity index (χ3v) is 6.34. The van der Waals surface area contributed by atoms with Crippen LogP contribution in [0.1, 0.15) is 18.1 Å².